The third kappa shape index (κ3) is 0.938. The van der Waals surface area contributed by atoms with E-state index in [1.165, 1.54) is 0 Å². The summed E-state index contributed by atoms with van der Waals surface area (Å²) in [6, 6.07) is 5.85. The van der Waals surface area contributed by atoms with Gasteiger partial charge in [-0.2, -0.15) is 0 Å². The van der Waals surface area contributed by atoms with E-state index in [0.717, 1.165) is 34.8 Å². The smallest absolute Gasteiger partial charge is 0.126 e. The number of hydrogen-bond acceptors (Lipinski definition) is 2. The fraction of sp³-hybridized carbons (Fsp3) is 0.300. The molecule has 3 nitrogen and oxygen atoms in total. The molecule has 1 aromatic carbocycles. The highest BCUT2D eigenvalue weighted by Crippen LogP contribution is 2.31. The maximum atomic E-state index is 6.13. The van der Waals surface area contributed by atoms with Gasteiger partial charge in [-0.25, -0.2) is 4.98 Å². The molecule has 0 saturated heterocycles. The molecule has 0 amide bonds. The Labute approximate surface area is 86.5 Å². The Balaban J connectivity index is 2.41. The van der Waals surface area contributed by atoms with Crippen LogP contribution in [0.5, 0.6) is 0 Å². The van der Waals surface area contributed by atoms with Gasteiger partial charge >= 0.3 is 0 Å². The summed E-state index contributed by atoms with van der Waals surface area (Å²) in [6.45, 7) is 0.927. The lowest BCUT2D eigenvalue weighted by molar-refractivity contribution is 0.685. The first kappa shape index (κ1) is 8.26. The van der Waals surface area contributed by atoms with Crippen LogP contribution in [0.15, 0.2) is 18.2 Å². The Morgan fingerprint density at radius 2 is 2.36 bits per heavy atom. The predicted molar refractivity (Wildman–Crippen MR) is 56.3 cm³/mol. The minimum absolute atomic E-state index is 0.0680. The lowest BCUT2D eigenvalue weighted by Gasteiger charge is -1.99. The maximum Gasteiger partial charge on any atom is 0.126 e. The van der Waals surface area contributed by atoms with Crippen molar-refractivity contribution in [1.82, 2.24) is 9.55 Å². The summed E-state index contributed by atoms with van der Waals surface area (Å²) in [7, 11) is 0. The zero-order valence-electron chi connectivity index (χ0n) is 7.57. The van der Waals surface area contributed by atoms with E-state index in [-0.39, 0.29) is 6.04 Å². The summed E-state index contributed by atoms with van der Waals surface area (Å²) in [6.07, 6.45) is 0.962. The van der Waals surface area contributed by atoms with Crippen molar-refractivity contribution in [3.63, 3.8) is 0 Å². The Morgan fingerprint density at radius 3 is 3.21 bits per heavy atom. The molecule has 3 rings (SSSR count). The van der Waals surface area contributed by atoms with Crippen LogP contribution in [0.1, 0.15) is 18.3 Å². The summed E-state index contributed by atoms with van der Waals surface area (Å²) in [5.74, 6) is 0.966. The molecule has 2 N–H and O–H groups in total. The van der Waals surface area contributed by atoms with E-state index in [2.05, 4.69) is 9.55 Å². The van der Waals surface area contributed by atoms with Crippen LogP contribution in [0.25, 0.3) is 11.0 Å². The lowest BCUT2D eigenvalue weighted by Crippen LogP contribution is -2.06. The zero-order chi connectivity index (χ0) is 9.71. The Morgan fingerprint density at radius 1 is 1.50 bits per heavy atom. The second-order valence-electron chi connectivity index (χ2n) is 3.62. The minimum Gasteiger partial charge on any atom is -0.325 e. The van der Waals surface area contributed by atoms with Gasteiger partial charge in [-0.05, 0) is 18.6 Å². The number of para-hydroxylation sites is 1. The standard InChI is InChI=1S/C10H10ClN3/c11-6-2-1-3-8-9(6)14-5-4-7(12)10(14)13-8/h1-3,7H,4-5,12H2. The summed E-state index contributed by atoms with van der Waals surface area (Å²) in [4.78, 5) is 4.49. The summed E-state index contributed by atoms with van der Waals surface area (Å²) in [5, 5.41) is 0.760. The molecule has 14 heavy (non-hydrogen) atoms. The topological polar surface area (TPSA) is 43.8 Å². The predicted octanol–water partition coefficient (Wildman–Crippen LogP) is 2.09. The van der Waals surface area contributed by atoms with E-state index >= 15 is 0 Å². The number of hydrogen-bond donors (Lipinski definition) is 1. The van der Waals surface area contributed by atoms with Crippen LogP contribution in [-0.4, -0.2) is 9.55 Å². The number of nitrogens with two attached hydrogens (primary N) is 1. The molecule has 0 saturated carbocycles. The molecule has 0 radical (unpaired) electrons. The Bertz CT molecular complexity index is 503. The number of benzene rings is 1. The third-order valence-corrected chi connectivity index (χ3v) is 3.05. The van der Waals surface area contributed by atoms with E-state index in [0.29, 0.717) is 0 Å². The van der Waals surface area contributed by atoms with Crippen LogP contribution < -0.4 is 5.73 Å². The van der Waals surface area contributed by atoms with Gasteiger partial charge in [0.15, 0.2) is 0 Å². The van der Waals surface area contributed by atoms with Crippen LogP contribution in [0.2, 0.25) is 5.02 Å². The SMILES string of the molecule is NC1CCn2c1nc1cccc(Cl)c12. The van der Waals surface area contributed by atoms with Crippen molar-refractivity contribution >= 4 is 22.6 Å². The van der Waals surface area contributed by atoms with Gasteiger partial charge in [-0.15, -0.1) is 0 Å². The molecule has 2 aromatic rings. The molecule has 72 valence electrons. The van der Waals surface area contributed by atoms with Gasteiger partial charge in [0.05, 0.1) is 22.1 Å². The average Bonchev–Trinajstić information content (AvgIpc) is 2.68. The zero-order valence-corrected chi connectivity index (χ0v) is 8.33. The fourth-order valence-corrected chi connectivity index (χ4v) is 2.34. The van der Waals surface area contributed by atoms with Crippen molar-refractivity contribution in [1.29, 1.82) is 0 Å². The largest absolute Gasteiger partial charge is 0.325 e. The molecule has 0 aliphatic carbocycles. The van der Waals surface area contributed by atoms with E-state index in [9.17, 15) is 0 Å². The second kappa shape index (κ2) is 2.72. The fourth-order valence-electron chi connectivity index (χ4n) is 2.07. The molecule has 1 aromatic heterocycles. The second-order valence-corrected chi connectivity index (χ2v) is 4.03. The molecule has 1 aliphatic heterocycles. The first-order valence-electron chi connectivity index (χ1n) is 4.67. The van der Waals surface area contributed by atoms with Crippen LogP contribution in [-0.2, 0) is 6.54 Å². The monoisotopic (exact) mass is 207 g/mol. The molecule has 0 bridgehead atoms. The van der Waals surface area contributed by atoms with E-state index in [4.69, 9.17) is 17.3 Å². The molecular formula is C10H10ClN3. The minimum atomic E-state index is 0.0680. The number of halogens is 1. The number of imidazole rings is 1. The number of aromatic nitrogens is 2. The molecule has 2 heterocycles. The number of fused-ring (bicyclic) bond motifs is 3. The highest BCUT2D eigenvalue weighted by atomic mass is 35.5. The first-order chi connectivity index (χ1) is 6.77. The molecule has 4 heteroatoms. The molecule has 1 unspecified atom stereocenters. The number of rotatable bonds is 0. The number of nitrogens with zero attached hydrogens (tertiary/aromatic N) is 2. The lowest BCUT2D eigenvalue weighted by atomic mass is 10.2. The van der Waals surface area contributed by atoms with Crippen LogP contribution in [0, 0.1) is 0 Å². The van der Waals surface area contributed by atoms with Crippen molar-refractivity contribution in [3.05, 3.63) is 29.0 Å². The molecule has 1 atom stereocenters. The van der Waals surface area contributed by atoms with E-state index in [1.54, 1.807) is 0 Å². The van der Waals surface area contributed by atoms with Gasteiger partial charge in [0.2, 0.25) is 0 Å². The van der Waals surface area contributed by atoms with E-state index in [1.807, 2.05) is 18.2 Å². The molecule has 0 spiro atoms. The number of aryl methyl sites for hydroxylation is 1. The van der Waals surface area contributed by atoms with Crippen molar-refractivity contribution in [2.75, 3.05) is 0 Å². The van der Waals surface area contributed by atoms with Gasteiger partial charge in [-0.1, -0.05) is 17.7 Å². The van der Waals surface area contributed by atoms with Crippen molar-refractivity contribution in [3.8, 4) is 0 Å². The van der Waals surface area contributed by atoms with Crippen LogP contribution >= 0.6 is 11.6 Å². The van der Waals surface area contributed by atoms with Crippen molar-refractivity contribution in [2.45, 2.75) is 19.0 Å². The van der Waals surface area contributed by atoms with Gasteiger partial charge in [0.25, 0.3) is 0 Å². The van der Waals surface area contributed by atoms with E-state index < -0.39 is 0 Å². The third-order valence-electron chi connectivity index (χ3n) is 2.74. The summed E-state index contributed by atoms with van der Waals surface area (Å²) < 4.78 is 2.13. The first-order valence-corrected chi connectivity index (χ1v) is 5.05. The average molecular weight is 208 g/mol. The Kier molecular flexibility index (Phi) is 1.60. The van der Waals surface area contributed by atoms with Gasteiger partial charge < -0.3 is 10.3 Å². The van der Waals surface area contributed by atoms with Crippen molar-refractivity contribution < 1.29 is 0 Å². The van der Waals surface area contributed by atoms with Gasteiger partial charge in [0, 0.05) is 6.54 Å². The molecule has 0 fully saturated rings. The van der Waals surface area contributed by atoms with Gasteiger partial charge in [0.1, 0.15) is 5.82 Å². The highest BCUT2D eigenvalue weighted by molar-refractivity contribution is 6.35. The Hall–Kier alpha value is -1.06. The van der Waals surface area contributed by atoms with Gasteiger partial charge in [-0.3, -0.25) is 0 Å². The molecule has 1 aliphatic rings. The normalized spacial score (nSPS) is 20.3. The quantitative estimate of drug-likeness (QED) is 0.719. The maximum absolute atomic E-state index is 6.13. The summed E-state index contributed by atoms with van der Waals surface area (Å²) >= 11 is 6.13. The molecular weight excluding hydrogens is 198 g/mol. The van der Waals surface area contributed by atoms with Crippen LogP contribution in [0.4, 0.5) is 0 Å². The van der Waals surface area contributed by atoms with Crippen molar-refractivity contribution in [2.24, 2.45) is 5.73 Å². The highest BCUT2D eigenvalue weighted by Gasteiger charge is 2.24. The summed E-state index contributed by atoms with van der Waals surface area (Å²) in [5.41, 5.74) is 7.91. The van der Waals surface area contributed by atoms with Crippen LogP contribution in [0.3, 0.4) is 0 Å².